The van der Waals surface area contributed by atoms with Crippen LogP contribution in [0.3, 0.4) is 0 Å². The van der Waals surface area contributed by atoms with Crippen molar-refractivity contribution in [1.82, 2.24) is 5.01 Å². The van der Waals surface area contributed by atoms with Gasteiger partial charge in [0.2, 0.25) is 0 Å². The fraction of sp³-hybridized carbons (Fsp3) is 0.600. The van der Waals surface area contributed by atoms with Crippen molar-refractivity contribution in [3.05, 3.63) is 0 Å². The van der Waals surface area contributed by atoms with E-state index in [1.54, 1.807) is 23.8 Å². The topological polar surface area (TPSA) is 54.0 Å². The van der Waals surface area contributed by atoms with Crippen LogP contribution in [0.5, 0.6) is 0 Å². The van der Waals surface area contributed by atoms with Crippen LogP contribution in [0.25, 0.3) is 0 Å². The smallest absolute Gasteiger partial charge is 0.179 e. The second-order valence-corrected chi connectivity index (χ2v) is 2.89. The van der Waals surface area contributed by atoms with Crippen LogP contribution < -0.4 is 5.84 Å². The van der Waals surface area contributed by atoms with Crippen molar-refractivity contribution in [2.75, 3.05) is 19.3 Å². The quantitative estimate of drug-likeness (QED) is 0.330. The zero-order chi connectivity index (χ0) is 7.40. The van der Waals surface area contributed by atoms with Crippen LogP contribution in [-0.2, 0) is 0 Å². The van der Waals surface area contributed by atoms with Crippen molar-refractivity contribution in [2.24, 2.45) is 15.8 Å². The molecule has 1 saturated heterocycles. The molecular weight excluding hydrogens is 148 g/mol. The maximum Gasteiger partial charge on any atom is 0.179 e. The third-order valence-electron chi connectivity index (χ3n) is 1.09. The third-order valence-corrected chi connectivity index (χ3v) is 2.08. The molecule has 0 aromatic rings. The van der Waals surface area contributed by atoms with Gasteiger partial charge in [0.05, 0.1) is 0 Å². The zero-order valence-corrected chi connectivity index (χ0v) is 6.64. The van der Waals surface area contributed by atoms with Gasteiger partial charge in [-0.25, -0.2) is 10.8 Å². The largest absolute Gasteiger partial charge is 0.288 e. The number of hydrazine groups is 1. The Morgan fingerprint density at radius 2 is 2.60 bits per heavy atom. The molecule has 0 spiro atoms. The molecule has 0 aromatic carbocycles. The lowest BCUT2D eigenvalue weighted by Crippen LogP contribution is -2.31. The second-order valence-electron chi connectivity index (χ2n) is 1.83. The van der Waals surface area contributed by atoms with E-state index in [2.05, 4.69) is 9.98 Å². The molecule has 0 radical (unpaired) electrons. The van der Waals surface area contributed by atoms with Crippen molar-refractivity contribution in [3.8, 4) is 0 Å². The summed E-state index contributed by atoms with van der Waals surface area (Å²) in [5, 5.41) is 2.48. The molecule has 0 amide bonds. The first-order valence-corrected chi connectivity index (χ1v) is 3.96. The van der Waals surface area contributed by atoms with E-state index in [1.807, 2.05) is 0 Å². The molecule has 1 fully saturated rings. The first-order valence-electron chi connectivity index (χ1n) is 2.98. The van der Waals surface area contributed by atoms with Gasteiger partial charge in [-0.2, -0.15) is 0 Å². The SMILES string of the molecule is CN=CN=C1SCCN1N. The van der Waals surface area contributed by atoms with Crippen molar-refractivity contribution in [2.45, 2.75) is 0 Å². The molecule has 0 aromatic heterocycles. The molecular formula is C5H10N4S. The van der Waals surface area contributed by atoms with Gasteiger partial charge < -0.3 is 0 Å². The fourth-order valence-corrected chi connectivity index (χ4v) is 1.48. The predicted molar refractivity (Wildman–Crippen MR) is 45.2 cm³/mol. The summed E-state index contributed by atoms with van der Waals surface area (Å²) in [7, 11) is 1.69. The normalized spacial score (nSPS) is 23.4. The average molecular weight is 158 g/mol. The van der Waals surface area contributed by atoms with E-state index >= 15 is 0 Å². The molecule has 56 valence electrons. The fourth-order valence-electron chi connectivity index (χ4n) is 0.632. The number of thioether (sulfide) groups is 1. The Bertz CT molecular complexity index is 165. The van der Waals surface area contributed by atoms with E-state index in [1.165, 1.54) is 6.34 Å². The Kier molecular flexibility index (Phi) is 2.70. The lowest BCUT2D eigenvalue weighted by molar-refractivity contribution is 0.490. The summed E-state index contributed by atoms with van der Waals surface area (Å²) < 4.78 is 0. The number of nitrogens with two attached hydrogens (primary N) is 1. The van der Waals surface area contributed by atoms with Crippen LogP contribution in [-0.4, -0.2) is 35.9 Å². The molecule has 0 atom stereocenters. The summed E-state index contributed by atoms with van der Waals surface area (Å²) in [6.45, 7) is 0.876. The van der Waals surface area contributed by atoms with E-state index in [0.717, 1.165) is 17.5 Å². The molecule has 0 saturated carbocycles. The van der Waals surface area contributed by atoms with Gasteiger partial charge in [-0.1, -0.05) is 11.8 Å². The molecule has 0 bridgehead atoms. The van der Waals surface area contributed by atoms with Gasteiger partial charge in [0.15, 0.2) is 5.17 Å². The Morgan fingerprint density at radius 3 is 3.10 bits per heavy atom. The molecule has 1 aliphatic heterocycles. The highest BCUT2D eigenvalue weighted by Gasteiger charge is 2.14. The standard InChI is InChI=1S/C5H10N4S/c1-7-4-8-5-9(6)2-3-10-5/h4H,2-3,6H2,1H3. The molecule has 1 heterocycles. The highest BCUT2D eigenvalue weighted by molar-refractivity contribution is 8.14. The second kappa shape index (κ2) is 3.58. The van der Waals surface area contributed by atoms with Gasteiger partial charge in [-0.15, -0.1) is 0 Å². The third kappa shape index (κ3) is 1.71. The lowest BCUT2D eigenvalue weighted by atomic mass is 10.7. The number of aliphatic imine (C=N–C) groups is 2. The molecule has 4 nitrogen and oxygen atoms in total. The predicted octanol–water partition coefficient (Wildman–Crippen LogP) is -0.0770. The van der Waals surface area contributed by atoms with E-state index in [-0.39, 0.29) is 0 Å². The zero-order valence-electron chi connectivity index (χ0n) is 5.82. The van der Waals surface area contributed by atoms with Gasteiger partial charge in [0.1, 0.15) is 6.34 Å². The van der Waals surface area contributed by atoms with Gasteiger partial charge in [0.25, 0.3) is 0 Å². The summed E-state index contributed by atoms with van der Waals surface area (Å²) in [6, 6.07) is 0. The molecule has 10 heavy (non-hydrogen) atoms. The van der Waals surface area contributed by atoms with E-state index in [0.29, 0.717) is 0 Å². The Morgan fingerprint density at radius 1 is 1.80 bits per heavy atom. The molecule has 0 unspecified atom stereocenters. The number of amidine groups is 1. The van der Waals surface area contributed by atoms with Gasteiger partial charge in [-0.05, 0) is 0 Å². The highest BCUT2D eigenvalue weighted by atomic mass is 32.2. The minimum absolute atomic E-state index is 0.852. The number of hydrogen-bond donors (Lipinski definition) is 1. The van der Waals surface area contributed by atoms with E-state index in [4.69, 9.17) is 5.84 Å². The molecule has 0 aliphatic carbocycles. The number of hydrogen-bond acceptors (Lipinski definition) is 3. The molecule has 5 heteroatoms. The summed E-state index contributed by atoms with van der Waals surface area (Å²) in [5.41, 5.74) is 0. The van der Waals surface area contributed by atoms with Crippen LogP contribution in [0.2, 0.25) is 0 Å². The number of nitrogens with zero attached hydrogens (tertiary/aromatic N) is 3. The Balaban J connectivity index is 2.53. The molecule has 1 rings (SSSR count). The van der Waals surface area contributed by atoms with Crippen LogP contribution in [0.15, 0.2) is 9.98 Å². The van der Waals surface area contributed by atoms with Crippen molar-refractivity contribution < 1.29 is 0 Å². The highest BCUT2D eigenvalue weighted by Crippen LogP contribution is 2.13. The summed E-state index contributed by atoms with van der Waals surface area (Å²) >= 11 is 1.65. The Labute approximate surface area is 64.2 Å². The van der Waals surface area contributed by atoms with Crippen molar-refractivity contribution in [1.29, 1.82) is 0 Å². The van der Waals surface area contributed by atoms with E-state index in [9.17, 15) is 0 Å². The molecule has 2 N–H and O–H groups in total. The maximum absolute atomic E-state index is 5.54. The van der Waals surface area contributed by atoms with Crippen LogP contribution in [0.4, 0.5) is 0 Å². The van der Waals surface area contributed by atoms with Gasteiger partial charge >= 0.3 is 0 Å². The summed E-state index contributed by atoms with van der Waals surface area (Å²) in [4.78, 5) is 7.74. The van der Waals surface area contributed by atoms with E-state index < -0.39 is 0 Å². The first-order chi connectivity index (χ1) is 4.84. The molecule has 1 aliphatic rings. The minimum atomic E-state index is 0.852. The van der Waals surface area contributed by atoms with Crippen LogP contribution >= 0.6 is 11.8 Å². The lowest BCUT2D eigenvalue weighted by Gasteiger charge is -2.06. The number of rotatable bonds is 1. The Hall–Kier alpha value is -0.550. The van der Waals surface area contributed by atoms with Crippen molar-refractivity contribution >= 4 is 23.3 Å². The van der Waals surface area contributed by atoms with Gasteiger partial charge in [-0.3, -0.25) is 10.0 Å². The monoisotopic (exact) mass is 158 g/mol. The first kappa shape index (κ1) is 7.56. The average Bonchev–Trinajstić information content (AvgIpc) is 2.31. The van der Waals surface area contributed by atoms with Gasteiger partial charge in [0, 0.05) is 19.3 Å². The maximum atomic E-state index is 5.54. The van der Waals surface area contributed by atoms with Crippen LogP contribution in [0.1, 0.15) is 0 Å². The summed E-state index contributed by atoms with van der Waals surface area (Å²) in [6.07, 6.45) is 1.51. The summed E-state index contributed by atoms with van der Waals surface area (Å²) in [5.74, 6) is 6.56. The van der Waals surface area contributed by atoms with Crippen molar-refractivity contribution in [3.63, 3.8) is 0 Å². The van der Waals surface area contributed by atoms with Crippen LogP contribution in [0, 0.1) is 0 Å². The minimum Gasteiger partial charge on any atom is -0.288 e.